The lowest BCUT2D eigenvalue weighted by molar-refractivity contribution is -0.138. The average molecular weight is 622 g/mol. The number of nitrogens with one attached hydrogen (secondary N) is 2. The zero-order valence-corrected chi connectivity index (χ0v) is 23.7. The van der Waals surface area contributed by atoms with Crippen molar-refractivity contribution in [2.75, 3.05) is 32.7 Å². The molecular weight excluding hydrogens is 587 g/mol. The fourth-order valence-electron chi connectivity index (χ4n) is 7.59. The fourth-order valence-corrected chi connectivity index (χ4v) is 7.59. The zero-order valence-electron chi connectivity index (χ0n) is 23.7. The van der Waals surface area contributed by atoms with Gasteiger partial charge in [0.25, 0.3) is 6.43 Å². The normalized spacial score (nSPS) is 32.0. The van der Waals surface area contributed by atoms with E-state index in [4.69, 9.17) is 11.5 Å². The van der Waals surface area contributed by atoms with Crippen molar-refractivity contribution in [3.05, 3.63) is 64.8 Å². The number of rotatable bonds is 9. The highest BCUT2D eigenvalue weighted by atomic mass is 19.4. The first-order valence-electron chi connectivity index (χ1n) is 14.7. The summed E-state index contributed by atoms with van der Waals surface area (Å²) in [4.78, 5) is 42.5. The van der Waals surface area contributed by atoms with Crippen LogP contribution in [0.4, 0.5) is 27.6 Å². The molecule has 0 radical (unpaired) electrons. The molecule has 1 aromatic carbocycles. The van der Waals surface area contributed by atoms with E-state index in [9.17, 15) is 36.3 Å². The predicted octanol–water partition coefficient (Wildman–Crippen LogP) is 1.59. The second-order valence-electron chi connectivity index (χ2n) is 12.0. The molecule has 0 aromatic heterocycles. The molecule has 3 fully saturated rings. The van der Waals surface area contributed by atoms with E-state index < -0.39 is 70.5 Å². The molecule has 1 saturated carbocycles. The van der Waals surface area contributed by atoms with E-state index in [1.807, 2.05) is 0 Å². The van der Waals surface area contributed by atoms with Crippen LogP contribution in [0.2, 0.25) is 0 Å². The highest BCUT2D eigenvalue weighted by Gasteiger charge is 2.85. The molecule has 6 N–H and O–H groups in total. The van der Waals surface area contributed by atoms with E-state index in [0.29, 0.717) is 18.7 Å². The van der Waals surface area contributed by atoms with Gasteiger partial charge < -0.3 is 27.0 Å². The van der Waals surface area contributed by atoms with Crippen molar-refractivity contribution in [2.45, 2.75) is 49.6 Å². The van der Waals surface area contributed by atoms with Gasteiger partial charge in [-0.2, -0.15) is 13.2 Å². The van der Waals surface area contributed by atoms with Gasteiger partial charge in [0.2, 0.25) is 11.8 Å². The van der Waals surface area contributed by atoms with Crippen molar-refractivity contribution in [1.82, 2.24) is 20.0 Å². The second kappa shape index (κ2) is 11.2. The van der Waals surface area contributed by atoms with Crippen molar-refractivity contribution < 1.29 is 36.3 Å². The lowest BCUT2D eigenvalue weighted by Crippen LogP contribution is -2.55. The zero-order chi connectivity index (χ0) is 31.6. The van der Waals surface area contributed by atoms with Crippen molar-refractivity contribution in [3.63, 3.8) is 0 Å². The van der Waals surface area contributed by atoms with Gasteiger partial charge in [0.15, 0.2) is 12.1 Å². The number of quaternary nitrogens is 1. The summed E-state index contributed by atoms with van der Waals surface area (Å²) in [6.07, 6.45) is -2.97. The Morgan fingerprint density at radius 3 is 2.52 bits per heavy atom. The van der Waals surface area contributed by atoms with Crippen LogP contribution >= 0.6 is 0 Å². The van der Waals surface area contributed by atoms with Crippen LogP contribution in [0.1, 0.15) is 18.4 Å². The molecule has 2 aliphatic carbocycles. The Hall–Kier alpha value is -3.46. The first-order chi connectivity index (χ1) is 20.9. The largest absolute Gasteiger partial charge is 0.416 e. The van der Waals surface area contributed by atoms with Gasteiger partial charge >= 0.3 is 12.1 Å². The van der Waals surface area contributed by atoms with E-state index in [0.717, 1.165) is 17.7 Å². The number of carbonyl (C=O) groups excluding carboxylic acids is 3. The highest BCUT2D eigenvalue weighted by Crippen LogP contribution is 2.67. The second-order valence-corrected chi connectivity index (χ2v) is 12.0. The molecule has 0 bridgehead atoms. The van der Waals surface area contributed by atoms with Crippen LogP contribution in [-0.2, 0) is 20.6 Å². The van der Waals surface area contributed by atoms with Gasteiger partial charge in [-0.15, -0.1) is 0 Å². The monoisotopic (exact) mass is 621 g/mol. The Kier molecular flexibility index (Phi) is 7.75. The van der Waals surface area contributed by atoms with Crippen molar-refractivity contribution >= 4 is 23.4 Å². The number of benzene rings is 1. The smallest absolute Gasteiger partial charge is 0.340 e. The maximum atomic E-state index is 14.4. The van der Waals surface area contributed by atoms with Gasteiger partial charge in [0.1, 0.15) is 11.7 Å². The van der Waals surface area contributed by atoms with Crippen LogP contribution in [-0.4, -0.2) is 85.9 Å². The SMILES string of the molecule is NCCN(CCN)C(=O)C1CNC(C(=O)NC2CC3=C4C(C=C(C(F)F)C=C3)C3C4[N+]3(c3cccc(C(F)(F)F)c3)C2=O)C1. The van der Waals surface area contributed by atoms with E-state index in [1.54, 1.807) is 4.90 Å². The average Bonchev–Trinajstić information content (AvgIpc) is 3.35. The number of carbonyl (C=O) groups is 3. The molecule has 3 amide bonds. The van der Waals surface area contributed by atoms with Gasteiger partial charge in [-0.25, -0.2) is 18.1 Å². The molecule has 5 aliphatic rings. The first-order valence-corrected chi connectivity index (χ1v) is 14.7. The van der Waals surface area contributed by atoms with Gasteiger partial charge in [-0.05, 0) is 24.1 Å². The summed E-state index contributed by atoms with van der Waals surface area (Å²) in [5.41, 5.74) is 11.6. The number of alkyl halides is 5. The summed E-state index contributed by atoms with van der Waals surface area (Å²) in [6, 6.07) is 1.59. The first kappa shape index (κ1) is 30.6. The summed E-state index contributed by atoms with van der Waals surface area (Å²) in [5, 5.41) is 5.84. The van der Waals surface area contributed by atoms with E-state index in [-0.39, 0.29) is 49.6 Å². The number of amides is 3. The van der Waals surface area contributed by atoms with Crippen LogP contribution < -0.4 is 26.6 Å². The van der Waals surface area contributed by atoms with Crippen molar-refractivity contribution in [1.29, 1.82) is 0 Å². The summed E-state index contributed by atoms with van der Waals surface area (Å²) >= 11 is 0. The molecule has 3 heterocycles. The fraction of sp³-hybridized carbons (Fsp3) is 0.500. The number of fused-ring (bicyclic) bond motifs is 2. The van der Waals surface area contributed by atoms with E-state index >= 15 is 0 Å². The summed E-state index contributed by atoms with van der Waals surface area (Å²) in [5.74, 6) is -2.23. The van der Waals surface area contributed by atoms with Crippen LogP contribution in [0.5, 0.6) is 0 Å². The third kappa shape index (κ3) is 4.78. The lowest BCUT2D eigenvalue weighted by Gasteiger charge is -2.27. The van der Waals surface area contributed by atoms with Gasteiger partial charge in [0, 0.05) is 56.4 Å². The third-order valence-electron chi connectivity index (χ3n) is 9.57. The molecule has 7 unspecified atom stereocenters. The Morgan fingerprint density at radius 2 is 1.86 bits per heavy atom. The van der Waals surface area contributed by atoms with Gasteiger partial charge in [-0.3, -0.25) is 9.59 Å². The number of nitrogens with zero attached hydrogens (tertiary/aromatic N) is 2. The van der Waals surface area contributed by atoms with Gasteiger partial charge in [0.05, 0.1) is 23.4 Å². The molecule has 7 atom stereocenters. The minimum absolute atomic E-state index is 0.00923. The molecule has 2 saturated heterocycles. The maximum absolute atomic E-state index is 14.4. The molecule has 1 aromatic rings. The van der Waals surface area contributed by atoms with E-state index in [2.05, 4.69) is 10.6 Å². The number of nitrogens with two attached hydrogens (primary N) is 2. The molecule has 3 aliphatic heterocycles. The molecule has 14 heteroatoms. The Morgan fingerprint density at radius 1 is 1.14 bits per heavy atom. The lowest BCUT2D eigenvalue weighted by atomic mass is 9.75. The number of allylic oxidation sites excluding steroid dienone is 3. The number of hydrogen-bond acceptors (Lipinski definition) is 6. The molecule has 0 spiro atoms. The topological polar surface area (TPSA) is 131 Å². The van der Waals surface area contributed by atoms with Crippen LogP contribution in [0, 0.1) is 11.8 Å². The number of halogens is 5. The minimum atomic E-state index is -4.65. The Bertz CT molecular complexity index is 1470. The Balaban J connectivity index is 1.29. The number of hydrogen-bond donors (Lipinski definition) is 4. The Labute approximate surface area is 250 Å². The molecular formula is C30H34F5N6O3+. The van der Waals surface area contributed by atoms with Crippen LogP contribution in [0.15, 0.2) is 59.2 Å². The molecule has 236 valence electrons. The summed E-state index contributed by atoms with van der Waals surface area (Å²) < 4.78 is 68.2. The quantitative estimate of drug-likeness (QED) is 0.188. The summed E-state index contributed by atoms with van der Waals surface area (Å²) in [6.45, 7) is 1.40. The van der Waals surface area contributed by atoms with Crippen molar-refractivity contribution in [2.24, 2.45) is 23.3 Å². The molecule has 9 nitrogen and oxygen atoms in total. The maximum Gasteiger partial charge on any atom is 0.416 e. The van der Waals surface area contributed by atoms with E-state index in [1.165, 1.54) is 30.4 Å². The standard InChI is InChI=1S/C30H33F5N6O3/c31-26(32)16-5-4-15-11-22(39-27(42)21-12-17(14-38-21)28(43)40(8-6-36)9-7-37)29(44)41(24-20(10-16)23(15)25(24)41)19-3-1-2-18(13-19)30(33,34)35/h1-5,10,13,17,20-22,24-26,38H,6-9,11-12,14,36-37H2/p+1. The predicted molar refractivity (Wildman–Crippen MR) is 151 cm³/mol. The molecule has 6 rings (SSSR count). The minimum Gasteiger partial charge on any atom is -0.340 e. The summed E-state index contributed by atoms with van der Waals surface area (Å²) in [7, 11) is 0. The van der Waals surface area contributed by atoms with Crippen molar-refractivity contribution in [3.8, 4) is 0 Å². The molecule has 44 heavy (non-hydrogen) atoms. The van der Waals surface area contributed by atoms with Crippen LogP contribution in [0.25, 0.3) is 0 Å². The third-order valence-corrected chi connectivity index (χ3v) is 9.57. The highest BCUT2D eigenvalue weighted by molar-refractivity contribution is 6.03. The van der Waals surface area contributed by atoms with Crippen LogP contribution in [0.3, 0.4) is 0 Å². The van der Waals surface area contributed by atoms with Gasteiger partial charge in [-0.1, -0.05) is 24.3 Å².